The zero-order chi connectivity index (χ0) is 12.3. The van der Waals surface area contributed by atoms with Crippen molar-refractivity contribution in [3.8, 4) is 0 Å². The number of hydrogen-bond acceptors (Lipinski definition) is 3. The Morgan fingerprint density at radius 2 is 1.88 bits per heavy atom. The van der Waals surface area contributed by atoms with E-state index in [1.165, 1.54) is 17.1 Å². The number of sulfone groups is 1. The molecule has 2 rings (SSSR count). The van der Waals surface area contributed by atoms with Crippen LogP contribution < -0.4 is 0 Å². The molecule has 0 unspecified atom stereocenters. The van der Waals surface area contributed by atoms with Gasteiger partial charge in [0.2, 0.25) is 0 Å². The van der Waals surface area contributed by atoms with Crippen molar-refractivity contribution in [2.75, 3.05) is 0 Å². The van der Waals surface area contributed by atoms with Crippen LogP contribution in [0.1, 0.15) is 10.4 Å². The molecule has 0 aliphatic rings. The number of rotatable bonds is 4. The van der Waals surface area contributed by atoms with Gasteiger partial charge in [-0.25, -0.2) is 8.42 Å². The normalized spacial score (nSPS) is 11.6. The van der Waals surface area contributed by atoms with Crippen molar-refractivity contribution in [1.82, 2.24) is 0 Å². The molecule has 1 aromatic carbocycles. The van der Waals surface area contributed by atoms with Gasteiger partial charge in [-0.05, 0) is 29.1 Å². The largest absolute Gasteiger partial charge is 0.223 e. The van der Waals surface area contributed by atoms with Crippen molar-refractivity contribution in [2.45, 2.75) is 10.2 Å². The van der Waals surface area contributed by atoms with Gasteiger partial charge in [0.15, 0.2) is 9.84 Å². The second-order valence-electron chi connectivity index (χ2n) is 3.46. The summed E-state index contributed by atoms with van der Waals surface area (Å²) in [5, 5.41) is 2.58. The van der Waals surface area contributed by atoms with Gasteiger partial charge in [-0.15, -0.1) is 11.3 Å². The smallest absolute Gasteiger partial charge is 0.187 e. The Hall–Kier alpha value is -0.650. The molecule has 2 aromatic rings. The first-order valence-corrected chi connectivity index (χ1v) is 8.45. The van der Waals surface area contributed by atoms with E-state index in [9.17, 15) is 8.42 Å². The van der Waals surface area contributed by atoms with Crippen LogP contribution in [-0.4, -0.2) is 8.42 Å². The van der Waals surface area contributed by atoms with Gasteiger partial charge in [-0.1, -0.05) is 34.1 Å². The summed E-state index contributed by atoms with van der Waals surface area (Å²) in [6, 6.07) is 10.5. The molecule has 0 aliphatic carbocycles. The molecule has 5 heteroatoms. The molecule has 0 bridgehead atoms. The zero-order valence-corrected chi connectivity index (χ0v) is 12.1. The molecule has 17 heavy (non-hydrogen) atoms. The minimum atomic E-state index is -3.34. The second kappa shape index (κ2) is 5.33. The third-order valence-electron chi connectivity index (χ3n) is 2.22. The van der Waals surface area contributed by atoms with Crippen LogP contribution in [-0.2, 0) is 15.2 Å². The zero-order valence-electron chi connectivity index (χ0n) is 8.84. The van der Waals surface area contributed by atoms with Crippen LogP contribution in [0.2, 0.25) is 0 Å². The SMILES string of the molecule is O=S(=O)([CH]c1cccs1)c1ccc(CBr)cc1. The van der Waals surface area contributed by atoms with Crippen molar-refractivity contribution < 1.29 is 8.42 Å². The third kappa shape index (κ3) is 3.18. The topological polar surface area (TPSA) is 34.1 Å². The van der Waals surface area contributed by atoms with Gasteiger partial charge in [0.25, 0.3) is 0 Å². The van der Waals surface area contributed by atoms with Crippen LogP contribution in [0.5, 0.6) is 0 Å². The molecule has 0 N–H and O–H groups in total. The summed E-state index contributed by atoms with van der Waals surface area (Å²) in [4.78, 5) is 1.07. The average molecular weight is 330 g/mol. The van der Waals surface area contributed by atoms with Gasteiger partial charge in [0.1, 0.15) is 5.75 Å². The molecule has 89 valence electrons. The Labute approximate surface area is 113 Å². The van der Waals surface area contributed by atoms with Crippen LogP contribution in [0, 0.1) is 5.75 Å². The van der Waals surface area contributed by atoms with E-state index in [1.807, 2.05) is 23.6 Å². The third-order valence-corrected chi connectivity index (χ3v) is 5.33. The minimum Gasteiger partial charge on any atom is -0.223 e. The lowest BCUT2D eigenvalue weighted by molar-refractivity contribution is 0.602. The molecule has 0 amide bonds. The van der Waals surface area contributed by atoms with Crippen molar-refractivity contribution in [3.05, 3.63) is 58.0 Å². The fourth-order valence-electron chi connectivity index (χ4n) is 1.35. The fraction of sp³-hybridized carbons (Fsp3) is 0.0833. The van der Waals surface area contributed by atoms with E-state index in [0.29, 0.717) is 4.90 Å². The maximum absolute atomic E-state index is 12.0. The first-order chi connectivity index (χ1) is 8.12. The molecule has 1 aromatic heterocycles. The Morgan fingerprint density at radius 3 is 2.41 bits per heavy atom. The van der Waals surface area contributed by atoms with Gasteiger partial charge in [0, 0.05) is 10.2 Å². The van der Waals surface area contributed by atoms with E-state index in [-0.39, 0.29) is 0 Å². The highest BCUT2D eigenvalue weighted by Gasteiger charge is 2.16. The summed E-state index contributed by atoms with van der Waals surface area (Å²) in [6.45, 7) is 0. The summed E-state index contributed by atoms with van der Waals surface area (Å²) < 4.78 is 24.1. The van der Waals surface area contributed by atoms with Crippen LogP contribution in [0.3, 0.4) is 0 Å². The number of hydrogen-bond donors (Lipinski definition) is 0. The van der Waals surface area contributed by atoms with E-state index < -0.39 is 9.84 Å². The predicted octanol–water partition coefficient (Wildman–Crippen LogP) is 3.63. The molecule has 1 radical (unpaired) electrons. The Kier molecular flexibility index (Phi) is 4.01. The van der Waals surface area contributed by atoms with Crippen LogP contribution in [0.4, 0.5) is 0 Å². The maximum atomic E-state index is 12.0. The lowest BCUT2D eigenvalue weighted by Crippen LogP contribution is -2.01. The van der Waals surface area contributed by atoms with Gasteiger partial charge in [0.05, 0.1) is 4.90 Å². The number of thiophene rings is 1. The molecule has 0 spiro atoms. The molecule has 0 fully saturated rings. The average Bonchev–Trinajstić information content (AvgIpc) is 2.81. The molecule has 0 aliphatic heterocycles. The van der Waals surface area contributed by atoms with E-state index in [2.05, 4.69) is 15.9 Å². The van der Waals surface area contributed by atoms with Crippen LogP contribution in [0.25, 0.3) is 0 Å². The van der Waals surface area contributed by atoms with E-state index in [4.69, 9.17) is 0 Å². The Bertz CT molecular complexity index is 571. The second-order valence-corrected chi connectivity index (χ2v) is 6.79. The molecule has 0 saturated carbocycles. The summed E-state index contributed by atoms with van der Waals surface area (Å²) in [5.74, 6) is 1.31. The summed E-state index contributed by atoms with van der Waals surface area (Å²) >= 11 is 4.74. The quantitative estimate of drug-likeness (QED) is 0.803. The Balaban J connectivity index is 2.25. The molecule has 1 heterocycles. The van der Waals surface area contributed by atoms with Gasteiger partial charge in [-0.3, -0.25) is 0 Å². The number of halogens is 1. The number of alkyl halides is 1. The standard InChI is InChI=1S/C12H10BrO2S2/c13-8-10-3-5-12(6-4-10)17(14,15)9-11-2-1-7-16-11/h1-7,9H,8H2. The lowest BCUT2D eigenvalue weighted by Gasteiger charge is -2.03. The summed E-state index contributed by atoms with van der Waals surface area (Å²) in [6.07, 6.45) is 0. The van der Waals surface area contributed by atoms with Crippen molar-refractivity contribution in [3.63, 3.8) is 0 Å². The summed E-state index contributed by atoms with van der Waals surface area (Å²) in [5.41, 5.74) is 1.06. The fourth-order valence-corrected chi connectivity index (χ4v) is 3.83. The maximum Gasteiger partial charge on any atom is 0.187 e. The molecule has 2 nitrogen and oxygen atoms in total. The van der Waals surface area contributed by atoms with Crippen molar-refractivity contribution >= 4 is 37.1 Å². The van der Waals surface area contributed by atoms with Crippen LogP contribution >= 0.6 is 27.3 Å². The predicted molar refractivity (Wildman–Crippen MR) is 74.0 cm³/mol. The monoisotopic (exact) mass is 329 g/mol. The minimum absolute atomic E-state index is 0.329. The Morgan fingerprint density at radius 1 is 1.18 bits per heavy atom. The van der Waals surface area contributed by atoms with Crippen molar-refractivity contribution in [1.29, 1.82) is 0 Å². The molecular formula is C12H10BrO2S2. The first kappa shape index (κ1) is 12.8. The lowest BCUT2D eigenvalue weighted by atomic mass is 10.2. The molecule has 0 atom stereocenters. The highest BCUT2D eigenvalue weighted by molar-refractivity contribution is 9.08. The highest BCUT2D eigenvalue weighted by Crippen LogP contribution is 2.22. The highest BCUT2D eigenvalue weighted by atomic mass is 79.9. The molecule has 0 saturated heterocycles. The van der Waals surface area contributed by atoms with Gasteiger partial charge >= 0.3 is 0 Å². The molecular weight excluding hydrogens is 320 g/mol. The van der Waals surface area contributed by atoms with Crippen LogP contribution in [0.15, 0.2) is 46.7 Å². The van der Waals surface area contributed by atoms with E-state index >= 15 is 0 Å². The number of benzene rings is 1. The van der Waals surface area contributed by atoms with Gasteiger partial charge < -0.3 is 0 Å². The van der Waals surface area contributed by atoms with E-state index in [1.54, 1.807) is 18.2 Å². The van der Waals surface area contributed by atoms with Gasteiger partial charge in [-0.2, -0.15) is 0 Å². The van der Waals surface area contributed by atoms with Crippen molar-refractivity contribution in [2.24, 2.45) is 0 Å². The van der Waals surface area contributed by atoms with E-state index in [0.717, 1.165) is 15.8 Å². The summed E-state index contributed by atoms with van der Waals surface area (Å²) in [7, 11) is -3.34. The first-order valence-electron chi connectivity index (χ1n) is 4.90.